The Kier molecular flexibility index (Phi) is 2.41. The van der Waals surface area contributed by atoms with Gasteiger partial charge in [-0.3, -0.25) is 20.2 Å². The molecule has 0 radical (unpaired) electrons. The molecule has 96 valence electrons. The molecule has 1 aromatic carbocycles. The Morgan fingerprint density at radius 1 is 1.28 bits per heavy atom. The third-order valence-electron chi connectivity index (χ3n) is 2.45. The fourth-order valence-electron chi connectivity index (χ4n) is 1.63. The Hall–Kier alpha value is -2.34. The van der Waals surface area contributed by atoms with Crippen molar-refractivity contribution in [3.63, 3.8) is 0 Å². The van der Waals surface area contributed by atoms with Gasteiger partial charge in [-0.25, -0.2) is 0 Å². The maximum Gasteiger partial charge on any atom is 0.310 e. The summed E-state index contributed by atoms with van der Waals surface area (Å²) in [5.74, 6) is 0. The molecule has 0 unspecified atom stereocenters. The zero-order valence-electron chi connectivity index (χ0n) is 8.78. The van der Waals surface area contributed by atoms with Gasteiger partial charge >= 0.3 is 5.69 Å². The summed E-state index contributed by atoms with van der Waals surface area (Å²) >= 11 is 0. The molecule has 18 heavy (non-hydrogen) atoms. The van der Waals surface area contributed by atoms with E-state index in [1.807, 2.05) is 5.48 Å². The van der Waals surface area contributed by atoms with Crippen molar-refractivity contribution in [3.05, 3.63) is 42.3 Å². The van der Waals surface area contributed by atoms with Crippen LogP contribution < -0.4 is 10.5 Å². The van der Waals surface area contributed by atoms with E-state index < -0.39 is 37.6 Å². The van der Waals surface area contributed by atoms with Crippen molar-refractivity contribution in [2.24, 2.45) is 0 Å². The number of nitro groups is 2. The Balaban J connectivity index is 2.83. The van der Waals surface area contributed by atoms with Crippen LogP contribution in [-0.4, -0.2) is 9.85 Å². The molecule has 1 aromatic rings. The van der Waals surface area contributed by atoms with Gasteiger partial charge in [-0.05, 0) is 6.92 Å². The van der Waals surface area contributed by atoms with Crippen molar-refractivity contribution < 1.29 is 14.8 Å². The molecule has 0 bridgehead atoms. The quantitative estimate of drug-likeness (QED) is 0.360. The second kappa shape index (κ2) is 3.58. The van der Waals surface area contributed by atoms with Gasteiger partial charge in [0.15, 0.2) is 0 Å². The highest BCUT2D eigenvalue weighted by Crippen LogP contribution is 2.47. The van der Waals surface area contributed by atoms with E-state index in [0.29, 0.717) is 6.07 Å². The number of nitrogens with one attached hydrogen (secondary N) is 1. The standard InChI is InChI=1S/C7H5N4O7/c1-3-4(9(12)13)2-5-6(7(3)10(14)15)8-18-11(5,16)17/h2,8H,1H3/q-1. The lowest BCUT2D eigenvalue weighted by atomic mass is 10.1. The first-order valence-electron chi connectivity index (χ1n) is 4.48. The van der Waals surface area contributed by atoms with Crippen molar-refractivity contribution in [1.29, 1.82) is 0 Å². The molecule has 0 spiro atoms. The van der Waals surface area contributed by atoms with Crippen molar-refractivity contribution in [2.45, 2.75) is 6.92 Å². The predicted molar refractivity (Wildman–Crippen MR) is 57.7 cm³/mol. The number of hydrogen-bond acceptors (Lipinski definition) is 8. The van der Waals surface area contributed by atoms with Crippen LogP contribution in [0.2, 0.25) is 0 Å². The minimum absolute atomic E-state index is 0.276. The zero-order valence-corrected chi connectivity index (χ0v) is 8.78. The minimum Gasteiger partial charge on any atom is -0.590 e. The van der Waals surface area contributed by atoms with E-state index >= 15 is 0 Å². The Morgan fingerprint density at radius 2 is 1.89 bits per heavy atom. The number of quaternary nitrogens is 1. The van der Waals surface area contributed by atoms with Gasteiger partial charge in [0, 0.05) is 0 Å². The van der Waals surface area contributed by atoms with E-state index in [1.54, 1.807) is 0 Å². The Morgan fingerprint density at radius 3 is 2.39 bits per heavy atom. The van der Waals surface area contributed by atoms with Gasteiger partial charge in [-0.2, -0.15) is 10.5 Å². The van der Waals surface area contributed by atoms with Gasteiger partial charge in [0.05, 0.1) is 15.9 Å². The number of rotatable bonds is 2. The molecule has 11 nitrogen and oxygen atoms in total. The molecule has 0 aliphatic carbocycles. The van der Waals surface area contributed by atoms with Crippen LogP contribution in [0.25, 0.3) is 0 Å². The highest BCUT2D eigenvalue weighted by molar-refractivity contribution is 5.84. The van der Waals surface area contributed by atoms with Crippen LogP contribution in [-0.2, 0) is 4.94 Å². The van der Waals surface area contributed by atoms with E-state index in [4.69, 9.17) is 0 Å². The molecular formula is C7H5N4O7-. The summed E-state index contributed by atoms with van der Waals surface area (Å²) in [6, 6.07) is 0.664. The van der Waals surface area contributed by atoms with Gasteiger partial charge in [-0.1, -0.05) is 4.94 Å². The summed E-state index contributed by atoms with van der Waals surface area (Å²) in [7, 11) is 0. The highest BCUT2D eigenvalue weighted by atomic mass is 17.2. The van der Waals surface area contributed by atoms with Crippen molar-refractivity contribution in [2.75, 3.05) is 5.48 Å². The molecule has 1 aliphatic heterocycles. The van der Waals surface area contributed by atoms with Crippen LogP contribution >= 0.6 is 0 Å². The lowest BCUT2D eigenvalue weighted by Gasteiger charge is -2.34. The largest absolute Gasteiger partial charge is 0.590 e. The number of fused-ring (bicyclic) bond motifs is 1. The van der Waals surface area contributed by atoms with Crippen molar-refractivity contribution >= 4 is 22.7 Å². The van der Waals surface area contributed by atoms with Crippen LogP contribution in [0.3, 0.4) is 0 Å². The highest BCUT2D eigenvalue weighted by Gasteiger charge is 2.39. The monoisotopic (exact) mass is 257 g/mol. The normalized spacial score (nSPS) is 15.9. The molecule has 1 heterocycles. The van der Waals surface area contributed by atoms with E-state index in [-0.39, 0.29) is 5.56 Å². The summed E-state index contributed by atoms with van der Waals surface area (Å²) < 4.78 is 0. The van der Waals surface area contributed by atoms with Crippen LogP contribution in [0, 0.1) is 37.6 Å². The summed E-state index contributed by atoms with van der Waals surface area (Å²) in [6.45, 7) is 1.14. The van der Waals surface area contributed by atoms with Gasteiger partial charge in [-0.15, -0.1) is 0 Å². The van der Waals surface area contributed by atoms with Crippen molar-refractivity contribution in [1.82, 2.24) is 4.97 Å². The fourth-order valence-corrected chi connectivity index (χ4v) is 1.63. The molecule has 0 fully saturated rings. The minimum atomic E-state index is -2.67. The summed E-state index contributed by atoms with van der Waals surface area (Å²) in [5, 5.41) is 44.0. The number of benzene rings is 1. The molecule has 11 heteroatoms. The summed E-state index contributed by atoms with van der Waals surface area (Å²) in [4.78, 5) is 21.1. The molecule has 0 saturated heterocycles. The van der Waals surface area contributed by atoms with E-state index in [9.17, 15) is 30.6 Å². The maximum atomic E-state index is 11.2. The average molecular weight is 257 g/mol. The maximum absolute atomic E-state index is 11.2. The Bertz CT molecular complexity index is 569. The molecule has 1 aliphatic rings. The number of anilines is 1. The van der Waals surface area contributed by atoms with Crippen LogP contribution in [0.4, 0.5) is 22.7 Å². The molecule has 0 saturated carbocycles. The van der Waals surface area contributed by atoms with Gasteiger partial charge in [0.1, 0.15) is 5.56 Å². The van der Waals surface area contributed by atoms with Gasteiger partial charge < -0.3 is 10.4 Å². The summed E-state index contributed by atoms with van der Waals surface area (Å²) in [6.07, 6.45) is 0. The molecule has 1 N–H and O–H groups in total. The molecular weight excluding hydrogens is 252 g/mol. The summed E-state index contributed by atoms with van der Waals surface area (Å²) in [5.41, 5.74) is -1.10. The van der Waals surface area contributed by atoms with Crippen LogP contribution in [0.1, 0.15) is 5.56 Å². The third kappa shape index (κ3) is 1.54. The topological polar surface area (TPSA) is 154 Å². The second-order valence-corrected chi connectivity index (χ2v) is 3.47. The molecule has 0 amide bonds. The van der Waals surface area contributed by atoms with Crippen LogP contribution in [0.15, 0.2) is 6.07 Å². The first-order valence-corrected chi connectivity index (χ1v) is 4.48. The second-order valence-electron chi connectivity index (χ2n) is 3.47. The smallest absolute Gasteiger partial charge is 0.310 e. The zero-order chi connectivity index (χ0) is 13.7. The first-order chi connectivity index (χ1) is 8.25. The average Bonchev–Trinajstić information content (AvgIpc) is 2.52. The van der Waals surface area contributed by atoms with Gasteiger partial charge in [0.2, 0.25) is 11.4 Å². The first kappa shape index (κ1) is 12.1. The Labute approximate surface area is 98.1 Å². The van der Waals surface area contributed by atoms with Crippen molar-refractivity contribution in [3.8, 4) is 0 Å². The molecule has 0 atom stereocenters. The molecule has 2 rings (SSSR count). The number of nitrogens with zero attached hydrogens (tertiary/aromatic N) is 3. The predicted octanol–water partition coefficient (Wildman–Crippen LogP) is 1.39. The third-order valence-corrected chi connectivity index (χ3v) is 2.45. The number of hydrogen-bond donors (Lipinski definition) is 1. The lowest BCUT2D eigenvalue weighted by Crippen LogP contribution is -2.32. The van der Waals surface area contributed by atoms with Crippen LogP contribution in [0.5, 0.6) is 0 Å². The SMILES string of the molecule is Cc1c([N+](=O)[O-])cc2c(c1[N+](=O)[O-])NO[N+]2([O-])[O-]. The fraction of sp³-hybridized carbons (Fsp3) is 0.143. The van der Waals surface area contributed by atoms with E-state index in [0.717, 1.165) is 6.92 Å². The van der Waals surface area contributed by atoms with E-state index in [2.05, 4.69) is 4.94 Å². The number of nitro benzene ring substituents is 2. The molecule has 0 aromatic heterocycles. The van der Waals surface area contributed by atoms with Gasteiger partial charge in [0.25, 0.3) is 5.69 Å². The van der Waals surface area contributed by atoms with E-state index in [1.165, 1.54) is 0 Å². The lowest BCUT2D eigenvalue weighted by molar-refractivity contribution is -0.394.